The molecule has 5 heteroatoms. The Morgan fingerprint density at radius 1 is 1.14 bits per heavy atom. The lowest BCUT2D eigenvalue weighted by Crippen LogP contribution is -2.03. The molecule has 0 aliphatic rings. The van der Waals surface area contributed by atoms with Crippen LogP contribution in [0.15, 0.2) is 34.8 Å². The zero-order chi connectivity index (χ0) is 15.6. The summed E-state index contributed by atoms with van der Waals surface area (Å²) >= 11 is 15.9. The molecular formula is C16H15BrCl2O2. The van der Waals surface area contributed by atoms with E-state index in [9.17, 15) is 5.11 Å². The third-order valence-corrected chi connectivity index (χ3v) is 4.44. The van der Waals surface area contributed by atoms with Gasteiger partial charge in [-0.1, -0.05) is 56.8 Å². The van der Waals surface area contributed by atoms with Gasteiger partial charge in [0.15, 0.2) is 0 Å². The van der Waals surface area contributed by atoms with Gasteiger partial charge in [-0.3, -0.25) is 0 Å². The van der Waals surface area contributed by atoms with Crippen LogP contribution in [0.2, 0.25) is 10.0 Å². The highest BCUT2D eigenvalue weighted by atomic mass is 79.9. The number of aliphatic hydroxyl groups is 1. The van der Waals surface area contributed by atoms with Crippen molar-refractivity contribution in [3.05, 3.63) is 61.5 Å². The molecule has 1 unspecified atom stereocenters. The van der Waals surface area contributed by atoms with E-state index in [1.165, 1.54) is 0 Å². The summed E-state index contributed by atoms with van der Waals surface area (Å²) in [6.45, 7) is 4.34. The van der Waals surface area contributed by atoms with Gasteiger partial charge in [0.25, 0.3) is 0 Å². The lowest BCUT2D eigenvalue weighted by molar-refractivity contribution is 0.219. The first-order valence-electron chi connectivity index (χ1n) is 6.50. The summed E-state index contributed by atoms with van der Waals surface area (Å²) in [6, 6.07) is 9.06. The number of halogens is 3. The van der Waals surface area contributed by atoms with Crippen LogP contribution in [0.5, 0.6) is 5.75 Å². The first kappa shape index (κ1) is 16.6. The normalized spacial score (nSPS) is 12.3. The van der Waals surface area contributed by atoms with E-state index in [0.717, 1.165) is 15.6 Å². The van der Waals surface area contributed by atoms with Crippen molar-refractivity contribution in [1.29, 1.82) is 0 Å². The zero-order valence-electron chi connectivity index (χ0n) is 11.7. The van der Waals surface area contributed by atoms with Gasteiger partial charge in [0.2, 0.25) is 0 Å². The Balaban J connectivity index is 2.46. The second-order valence-electron chi connectivity index (χ2n) is 4.66. The van der Waals surface area contributed by atoms with Crippen LogP contribution in [-0.2, 0) is 0 Å². The lowest BCUT2D eigenvalue weighted by Gasteiger charge is -2.17. The van der Waals surface area contributed by atoms with E-state index in [0.29, 0.717) is 28.0 Å². The maximum absolute atomic E-state index is 10.6. The van der Waals surface area contributed by atoms with Crippen LogP contribution < -0.4 is 4.74 Å². The van der Waals surface area contributed by atoms with Crippen molar-refractivity contribution in [2.24, 2.45) is 0 Å². The molecule has 0 aromatic heterocycles. The standard InChI is InChI=1S/C16H15BrCl2O2/c1-3-21-15-8-13(18)11(7-14(15)19)16(20)10-6-9(2)4-5-12(10)17/h4-8,16,20H,3H2,1-2H3. The van der Waals surface area contributed by atoms with Gasteiger partial charge in [-0.05, 0) is 31.5 Å². The van der Waals surface area contributed by atoms with E-state index in [2.05, 4.69) is 15.9 Å². The van der Waals surface area contributed by atoms with E-state index < -0.39 is 6.10 Å². The van der Waals surface area contributed by atoms with Crippen LogP contribution in [0.3, 0.4) is 0 Å². The molecule has 0 aliphatic carbocycles. The molecule has 1 N–H and O–H groups in total. The molecule has 2 rings (SSSR count). The Morgan fingerprint density at radius 2 is 1.86 bits per heavy atom. The summed E-state index contributed by atoms with van der Waals surface area (Å²) in [5, 5.41) is 11.5. The summed E-state index contributed by atoms with van der Waals surface area (Å²) < 4.78 is 6.21. The molecule has 0 spiro atoms. The molecule has 1 atom stereocenters. The fourth-order valence-corrected chi connectivity index (χ4v) is 3.01. The van der Waals surface area contributed by atoms with Gasteiger partial charge in [0.05, 0.1) is 16.7 Å². The minimum Gasteiger partial charge on any atom is -0.492 e. The van der Waals surface area contributed by atoms with Gasteiger partial charge in [-0.15, -0.1) is 0 Å². The van der Waals surface area contributed by atoms with Crippen LogP contribution >= 0.6 is 39.1 Å². The molecule has 0 aliphatic heterocycles. The summed E-state index contributed by atoms with van der Waals surface area (Å²) in [5.41, 5.74) is 2.36. The molecule has 0 fully saturated rings. The van der Waals surface area contributed by atoms with Crippen molar-refractivity contribution < 1.29 is 9.84 Å². The molecular weight excluding hydrogens is 375 g/mol. The maximum atomic E-state index is 10.6. The minimum absolute atomic E-state index is 0.420. The number of hydrogen-bond donors (Lipinski definition) is 1. The molecule has 0 heterocycles. The fraction of sp³-hybridized carbons (Fsp3) is 0.250. The lowest BCUT2D eigenvalue weighted by atomic mass is 10.00. The van der Waals surface area contributed by atoms with Crippen LogP contribution in [0.4, 0.5) is 0 Å². The number of aryl methyl sites for hydroxylation is 1. The van der Waals surface area contributed by atoms with Gasteiger partial charge in [0.1, 0.15) is 11.9 Å². The van der Waals surface area contributed by atoms with Crippen LogP contribution in [0, 0.1) is 6.92 Å². The summed E-state index contributed by atoms with van der Waals surface area (Å²) in [5.74, 6) is 0.517. The molecule has 2 aromatic rings. The Bertz CT molecular complexity index is 659. The number of hydrogen-bond acceptors (Lipinski definition) is 2. The van der Waals surface area contributed by atoms with Gasteiger partial charge in [-0.2, -0.15) is 0 Å². The highest BCUT2D eigenvalue weighted by molar-refractivity contribution is 9.10. The molecule has 21 heavy (non-hydrogen) atoms. The topological polar surface area (TPSA) is 29.5 Å². The van der Waals surface area contributed by atoms with Gasteiger partial charge in [0, 0.05) is 16.1 Å². The molecule has 2 aromatic carbocycles. The third-order valence-electron chi connectivity index (χ3n) is 3.09. The van der Waals surface area contributed by atoms with E-state index in [4.69, 9.17) is 27.9 Å². The minimum atomic E-state index is -0.861. The van der Waals surface area contributed by atoms with Crippen molar-refractivity contribution in [3.63, 3.8) is 0 Å². The second-order valence-corrected chi connectivity index (χ2v) is 6.33. The highest BCUT2D eigenvalue weighted by Gasteiger charge is 2.19. The molecule has 0 saturated heterocycles. The smallest absolute Gasteiger partial charge is 0.139 e. The number of ether oxygens (including phenoxy) is 1. The average molecular weight is 390 g/mol. The van der Waals surface area contributed by atoms with E-state index in [1.54, 1.807) is 12.1 Å². The SMILES string of the molecule is CCOc1cc(Cl)c(C(O)c2cc(C)ccc2Br)cc1Cl. The van der Waals surface area contributed by atoms with E-state index in [1.807, 2.05) is 32.0 Å². The predicted octanol–water partition coefficient (Wildman–Crippen LogP) is 5.54. The van der Waals surface area contributed by atoms with Crippen molar-refractivity contribution in [2.75, 3.05) is 6.61 Å². The molecule has 112 valence electrons. The summed E-state index contributed by atoms with van der Waals surface area (Å²) in [7, 11) is 0. The second kappa shape index (κ2) is 7.01. The fourth-order valence-electron chi connectivity index (χ4n) is 2.06. The van der Waals surface area contributed by atoms with Crippen LogP contribution in [0.25, 0.3) is 0 Å². The highest BCUT2D eigenvalue weighted by Crippen LogP contribution is 2.38. The van der Waals surface area contributed by atoms with E-state index >= 15 is 0 Å². The van der Waals surface area contributed by atoms with E-state index in [-0.39, 0.29) is 0 Å². The van der Waals surface area contributed by atoms with Gasteiger partial charge < -0.3 is 9.84 Å². The van der Waals surface area contributed by atoms with Crippen molar-refractivity contribution in [1.82, 2.24) is 0 Å². The molecule has 0 bridgehead atoms. The summed E-state index contributed by atoms with van der Waals surface area (Å²) in [4.78, 5) is 0. The van der Waals surface area contributed by atoms with Crippen molar-refractivity contribution in [3.8, 4) is 5.75 Å². The molecule has 0 saturated carbocycles. The number of benzene rings is 2. The molecule has 0 amide bonds. The Hall–Kier alpha value is -0.740. The van der Waals surface area contributed by atoms with Crippen molar-refractivity contribution in [2.45, 2.75) is 20.0 Å². The number of aliphatic hydroxyl groups excluding tert-OH is 1. The van der Waals surface area contributed by atoms with Gasteiger partial charge >= 0.3 is 0 Å². The molecule has 2 nitrogen and oxygen atoms in total. The molecule has 0 radical (unpaired) electrons. The number of rotatable bonds is 4. The predicted molar refractivity (Wildman–Crippen MR) is 90.6 cm³/mol. The zero-order valence-corrected chi connectivity index (χ0v) is 14.8. The first-order chi connectivity index (χ1) is 9.93. The van der Waals surface area contributed by atoms with Crippen LogP contribution in [0.1, 0.15) is 29.7 Å². The quantitative estimate of drug-likeness (QED) is 0.743. The maximum Gasteiger partial charge on any atom is 0.139 e. The Kier molecular flexibility index (Phi) is 5.55. The van der Waals surface area contributed by atoms with Crippen LogP contribution in [-0.4, -0.2) is 11.7 Å². The Labute approximate surface area is 142 Å². The van der Waals surface area contributed by atoms with Gasteiger partial charge in [-0.25, -0.2) is 0 Å². The van der Waals surface area contributed by atoms with Crippen molar-refractivity contribution >= 4 is 39.1 Å². The monoisotopic (exact) mass is 388 g/mol. The Morgan fingerprint density at radius 3 is 2.52 bits per heavy atom. The third kappa shape index (κ3) is 3.72. The first-order valence-corrected chi connectivity index (χ1v) is 8.04. The average Bonchev–Trinajstić information content (AvgIpc) is 2.44. The largest absolute Gasteiger partial charge is 0.492 e. The summed E-state index contributed by atoms with van der Waals surface area (Å²) in [6.07, 6.45) is -0.861.